The third-order valence-corrected chi connectivity index (χ3v) is 5.84. The van der Waals surface area contributed by atoms with Crippen LogP contribution in [-0.2, 0) is 6.42 Å². The van der Waals surface area contributed by atoms with Crippen LogP contribution in [0.1, 0.15) is 23.6 Å². The van der Waals surface area contributed by atoms with Crippen LogP contribution in [0.2, 0.25) is 0 Å². The molecule has 104 valence electrons. The molecule has 2 nitrogen and oxygen atoms in total. The number of fused-ring (bicyclic) bond motifs is 1. The molecule has 1 aromatic carbocycles. The average Bonchev–Trinajstić information content (AvgIpc) is 2.90. The third kappa shape index (κ3) is 2.92. The maximum absolute atomic E-state index is 10.5. The lowest BCUT2D eigenvalue weighted by molar-refractivity contribution is 0.165. The van der Waals surface area contributed by atoms with Crippen molar-refractivity contribution in [2.45, 2.75) is 29.8 Å². The van der Waals surface area contributed by atoms with E-state index in [1.165, 1.54) is 10.5 Å². The van der Waals surface area contributed by atoms with E-state index in [-0.39, 0.29) is 12.0 Å². The smallest absolute Gasteiger partial charge is 0.0717 e. The lowest BCUT2D eigenvalue weighted by Crippen LogP contribution is -2.19. The van der Waals surface area contributed by atoms with Gasteiger partial charge in [0, 0.05) is 32.9 Å². The fraction of sp³-hybridized carbons (Fsp3) is 0.312. The maximum Gasteiger partial charge on any atom is 0.0717 e. The predicted octanol–water partition coefficient (Wildman–Crippen LogP) is 4.03. The number of nitrogens with zero attached hydrogens (tertiary/aromatic N) is 1. The molecule has 1 aliphatic carbocycles. The van der Waals surface area contributed by atoms with E-state index in [1.807, 2.05) is 30.5 Å². The lowest BCUT2D eigenvalue weighted by Gasteiger charge is -2.18. The van der Waals surface area contributed by atoms with E-state index in [4.69, 9.17) is 0 Å². The van der Waals surface area contributed by atoms with Gasteiger partial charge in [-0.1, -0.05) is 18.2 Å². The summed E-state index contributed by atoms with van der Waals surface area (Å²) in [5.74, 6) is 0.879. The second-order valence-electron chi connectivity index (χ2n) is 5.00. The summed E-state index contributed by atoms with van der Waals surface area (Å²) in [6, 6.07) is 12.2. The molecular weight excluding hydrogens is 334 g/mol. The molecule has 3 rings (SSSR count). The van der Waals surface area contributed by atoms with E-state index in [1.54, 1.807) is 11.8 Å². The van der Waals surface area contributed by atoms with Crippen molar-refractivity contribution in [3.63, 3.8) is 0 Å². The number of rotatable bonds is 4. The maximum atomic E-state index is 10.5. The fourth-order valence-corrected chi connectivity index (χ4v) is 4.26. The zero-order chi connectivity index (χ0) is 13.9. The van der Waals surface area contributed by atoms with Gasteiger partial charge in [0.2, 0.25) is 0 Å². The summed E-state index contributed by atoms with van der Waals surface area (Å²) in [6.07, 6.45) is 3.52. The molecule has 20 heavy (non-hydrogen) atoms. The van der Waals surface area contributed by atoms with Crippen LogP contribution in [0.3, 0.4) is 0 Å². The summed E-state index contributed by atoms with van der Waals surface area (Å²) in [5, 5.41) is 10.5. The number of benzene rings is 1. The van der Waals surface area contributed by atoms with Crippen molar-refractivity contribution < 1.29 is 5.11 Å². The van der Waals surface area contributed by atoms with Crippen molar-refractivity contribution in [1.29, 1.82) is 0 Å². The largest absolute Gasteiger partial charge is 0.392 e. The van der Waals surface area contributed by atoms with E-state index in [2.05, 4.69) is 33.0 Å². The summed E-state index contributed by atoms with van der Waals surface area (Å²) in [6.45, 7) is 0. The Balaban J connectivity index is 1.66. The second kappa shape index (κ2) is 6.29. The van der Waals surface area contributed by atoms with Crippen molar-refractivity contribution in [3.05, 3.63) is 58.3 Å². The Hall–Kier alpha value is -0.840. The molecule has 0 bridgehead atoms. The highest BCUT2D eigenvalue weighted by atomic mass is 79.9. The first-order valence-corrected chi connectivity index (χ1v) is 8.53. The van der Waals surface area contributed by atoms with Crippen LogP contribution < -0.4 is 0 Å². The lowest BCUT2D eigenvalue weighted by atomic mass is 10.0. The number of aryl methyl sites for hydroxylation is 1. The van der Waals surface area contributed by atoms with Gasteiger partial charge in [0.1, 0.15) is 0 Å². The molecule has 0 spiro atoms. The third-order valence-electron chi connectivity index (χ3n) is 3.71. The quantitative estimate of drug-likeness (QED) is 0.846. The Kier molecular flexibility index (Phi) is 4.44. The molecule has 0 radical (unpaired) electrons. The van der Waals surface area contributed by atoms with Crippen LogP contribution in [-0.4, -0.2) is 21.9 Å². The Morgan fingerprint density at radius 1 is 1.30 bits per heavy atom. The molecular formula is C16H16BrNOS. The number of aromatic nitrogens is 1. The van der Waals surface area contributed by atoms with Gasteiger partial charge in [-0.05, 0) is 52.5 Å². The monoisotopic (exact) mass is 349 g/mol. The number of hydrogen-bond donors (Lipinski definition) is 1. The van der Waals surface area contributed by atoms with Crippen molar-refractivity contribution in [3.8, 4) is 0 Å². The number of hydrogen-bond acceptors (Lipinski definition) is 3. The topological polar surface area (TPSA) is 33.1 Å². The van der Waals surface area contributed by atoms with Crippen LogP contribution in [0.5, 0.6) is 0 Å². The zero-order valence-electron chi connectivity index (χ0n) is 11.0. The molecule has 2 unspecified atom stereocenters. The van der Waals surface area contributed by atoms with Crippen LogP contribution in [0.25, 0.3) is 0 Å². The summed E-state index contributed by atoms with van der Waals surface area (Å²) < 4.78 is 1.09. The Morgan fingerprint density at radius 2 is 2.15 bits per heavy atom. The summed E-state index contributed by atoms with van der Waals surface area (Å²) in [4.78, 5) is 5.63. The van der Waals surface area contributed by atoms with Gasteiger partial charge in [-0.15, -0.1) is 11.8 Å². The van der Waals surface area contributed by atoms with Gasteiger partial charge >= 0.3 is 0 Å². The molecule has 1 aliphatic rings. The van der Waals surface area contributed by atoms with E-state index in [9.17, 15) is 5.11 Å². The van der Waals surface area contributed by atoms with Crippen LogP contribution in [0.15, 0.2) is 52.0 Å². The van der Waals surface area contributed by atoms with Gasteiger partial charge in [-0.3, -0.25) is 4.98 Å². The van der Waals surface area contributed by atoms with Gasteiger partial charge < -0.3 is 5.11 Å². The SMILES string of the molecule is OC(CSc1ccccc1Br)C1CCc2cccnc21. The Morgan fingerprint density at radius 3 is 3.00 bits per heavy atom. The summed E-state index contributed by atoms with van der Waals surface area (Å²) in [7, 11) is 0. The molecule has 1 N–H and O–H groups in total. The molecule has 1 heterocycles. The molecule has 4 heteroatoms. The minimum Gasteiger partial charge on any atom is -0.392 e. The van der Waals surface area contributed by atoms with Gasteiger partial charge in [-0.25, -0.2) is 0 Å². The number of halogens is 1. The highest BCUT2D eigenvalue weighted by molar-refractivity contribution is 9.10. The minimum atomic E-state index is -0.344. The van der Waals surface area contributed by atoms with Crippen molar-refractivity contribution in [1.82, 2.24) is 4.98 Å². The Labute approximate surface area is 131 Å². The fourth-order valence-electron chi connectivity index (χ4n) is 2.67. The molecule has 0 saturated heterocycles. The molecule has 0 saturated carbocycles. The number of pyridine rings is 1. The summed E-state index contributed by atoms with van der Waals surface area (Å²) in [5.41, 5.74) is 2.38. The second-order valence-corrected chi connectivity index (χ2v) is 6.92. The highest BCUT2D eigenvalue weighted by Gasteiger charge is 2.29. The molecule has 0 fully saturated rings. The van der Waals surface area contributed by atoms with Gasteiger partial charge in [0.25, 0.3) is 0 Å². The minimum absolute atomic E-state index is 0.182. The van der Waals surface area contributed by atoms with E-state index in [0.717, 1.165) is 23.0 Å². The zero-order valence-corrected chi connectivity index (χ0v) is 13.4. The van der Waals surface area contributed by atoms with Gasteiger partial charge in [0.15, 0.2) is 0 Å². The molecule has 0 aliphatic heterocycles. The van der Waals surface area contributed by atoms with Crippen LogP contribution in [0.4, 0.5) is 0 Å². The first kappa shape index (κ1) is 14.1. The summed E-state index contributed by atoms with van der Waals surface area (Å²) >= 11 is 5.23. The van der Waals surface area contributed by atoms with Crippen LogP contribution >= 0.6 is 27.7 Å². The van der Waals surface area contributed by atoms with Crippen molar-refractivity contribution in [2.75, 3.05) is 5.75 Å². The van der Waals surface area contributed by atoms with Crippen molar-refractivity contribution in [2.24, 2.45) is 0 Å². The van der Waals surface area contributed by atoms with Gasteiger partial charge in [0.05, 0.1) is 6.10 Å². The molecule has 0 amide bonds. The molecule has 2 atom stereocenters. The van der Waals surface area contributed by atoms with E-state index >= 15 is 0 Å². The Bertz CT molecular complexity index is 605. The van der Waals surface area contributed by atoms with Gasteiger partial charge in [-0.2, -0.15) is 0 Å². The number of aliphatic hydroxyl groups excluding tert-OH is 1. The number of thioether (sulfide) groups is 1. The number of aliphatic hydroxyl groups is 1. The highest BCUT2D eigenvalue weighted by Crippen LogP contribution is 2.36. The first-order valence-electron chi connectivity index (χ1n) is 6.75. The standard InChI is InChI=1S/C16H16BrNOS/c17-13-5-1-2-6-15(13)20-10-14(19)12-8-7-11-4-3-9-18-16(11)12/h1-6,9,12,14,19H,7-8,10H2. The van der Waals surface area contributed by atoms with Crippen molar-refractivity contribution >= 4 is 27.7 Å². The first-order chi connectivity index (χ1) is 9.75. The van der Waals surface area contributed by atoms with E-state index < -0.39 is 0 Å². The molecule has 1 aromatic heterocycles. The average molecular weight is 350 g/mol. The molecule has 2 aromatic rings. The van der Waals surface area contributed by atoms with E-state index in [0.29, 0.717) is 5.75 Å². The van der Waals surface area contributed by atoms with Crippen LogP contribution in [0, 0.1) is 0 Å². The normalized spacial score (nSPS) is 18.8. The predicted molar refractivity (Wildman–Crippen MR) is 86.2 cm³/mol.